The summed E-state index contributed by atoms with van der Waals surface area (Å²) in [6.45, 7) is 0.454. The largest absolute Gasteiger partial charge is 0.329 e. The fraction of sp³-hybridized carbons (Fsp3) is 0.200. The Morgan fingerprint density at radius 3 is 2.73 bits per heavy atom. The van der Waals surface area contributed by atoms with Gasteiger partial charge >= 0.3 is 0 Å². The number of rotatable bonds is 2. The Morgan fingerprint density at radius 2 is 2.07 bits per heavy atom. The molecule has 0 aromatic heterocycles. The van der Waals surface area contributed by atoms with Gasteiger partial charge in [0, 0.05) is 13.1 Å². The lowest BCUT2D eigenvalue weighted by Gasteiger charge is -2.14. The van der Waals surface area contributed by atoms with Crippen molar-refractivity contribution in [3.63, 3.8) is 0 Å². The van der Waals surface area contributed by atoms with Crippen molar-refractivity contribution in [2.75, 3.05) is 18.0 Å². The molecule has 15 heavy (non-hydrogen) atoms. The van der Waals surface area contributed by atoms with Crippen LogP contribution in [0.2, 0.25) is 0 Å². The highest BCUT2D eigenvalue weighted by Gasteiger charge is 2.35. The minimum absolute atomic E-state index is 0.223. The number of fused-ring (bicyclic) bond motifs is 1. The van der Waals surface area contributed by atoms with E-state index in [0.717, 1.165) is 6.07 Å². The van der Waals surface area contributed by atoms with Gasteiger partial charge in [0.1, 0.15) is 5.82 Å². The number of nitrogens with zero attached hydrogens (tertiary/aromatic N) is 1. The number of hydrogen-bond donors (Lipinski definition) is 1. The van der Waals surface area contributed by atoms with E-state index in [2.05, 4.69) is 0 Å². The van der Waals surface area contributed by atoms with Gasteiger partial charge in [0.25, 0.3) is 11.7 Å². The summed E-state index contributed by atoms with van der Waals surface area (Å²) in [4.78, 5) is 24.1. The van der Waals surface area contributed by atoms with Crippen LogP contribution in [0.5, 0.6) is 0 Å². The topological polar surface area (TPSA) is 63.4 Å². The Hall–Kier alpha value is -1.75. The fourth-order valence-electron chi connectivity index (χ4n) is 1.62. The molecule has 1 heterocycles. The predicted octanol–water partition coefficient (Wildman–Crippen LogP) is 0.314. The molecule has 78 valence electrons. The number of benzene rings is 1. The van der Waals surface area contributed by atoms with Crippen molar-refractivity contribution < 1.29 is 14.0 Å². The van der Waals surface area contributed by atoms with Crippen LogP contribution in [0.25, 0.3) is 0 Å². The summed E-state index contributed by atoms with van der Waals surface area (Å²) in [6, 6.07) is 3.66. The van der Waals surface area contributed by atoms with Gasteiger partial charge in [-0.25, -0.2) is 4.39 Å². The molecule has 0 fully saturated rings. The van der Waals surface area contributed by atoms with Crippen LogP contribution in [0.3, 0.4) is 0 Å². The number of nitrogens with two attached hydrogens (primary N) is 1. The molecule has 0 spiro atoms. The van der Waals surface area contributed by atoms with E-state index in [1.54, 1.807) is 0 Å². The normalized spacial score (nSPS) is 14.7. The molecular formula is C10H9FN2O2. The second-order valence-corrected chi connectivity index (χ2v) is 3.24. The molecule has 2 rings (SSSR count). The monoisotopic (exact) mass is 208 g/mol. The zero-order chi connectivity index (χ0) is 11.0. The lowest BCUT2D eigenvalue weighted by atomic mass is 10.1. The third-order valence-electron chi connectivity index (χ3n) is 2.29. The molecule has 1 amide bonds. The second-order valence-electron chi connectivity index (χ2n) is 3.24. The molecule has 5 heteroatoms. The minimum atomic E-state index is -0.638. The van der Waals surface area contributed by atoms with Crippen molar-refractivity contribution in [3.8, 4) is 0 Å². The van der Waals surface area contributed by atoms with Gasteiger partial charge < -0.3 is 10.6 Å². The van der Waals surface area contributed by atoms with E-state index in [9.17, 15) is 14.0 Å². The van der Waals surface area contributed by atoms with Crippen molar-refractivity contribution in [1.82, 2.24) is 0 Å². The number of hydrogen-bond acceptors (Lipinski definition) is 3. The van der Waals surface area contributed by atoms with Gasteiger partial charge in [-0.15, -0.1) is 0 Å². The zero-order valence-corrected chi connectivity index (χ0v) is 7.87. The van der Waals surface area contributed by atoms with E-state index in [1.807, 2.05) is 0 Å². The second kappa shape index (κ2) is 3.43. The third-order valence-corrected chi connectivity index (χ3v) is 2.29. The van der Waals surface area contributed by atoms with Gasteiger partial charge in [-0.3, -0.25) is 9.59 Å². The van der Waals surface area contributed by atoms with Crippen molar-refractivity contribution >= 4 is 17.4 Å². The summed E-state index contributed by atoms with van der Waals surface area (Å²) < 4.78 is 12.9. The predicted molar refractivity (Wildman–Crippen MR) is 52.1 cm³/mol. The molecule has 0 unspecified atom stereocenters. The highest BCUT2D eigenvalue weighted by Crippen LogP contribution is 2.28. The van der Waals surface area contributed by atoms with Gasteiger partial charge in [-0.2, -0.15) is 0 Å². The van der Waals surface area contributed by atoms with Gasteiger partial charge in [0.05, 0.1) is 11.3 Å². The van der Waals surface area contributed by atoms with E-state index >= 15 is 0 Å². The number of halogens is 1. The number of anilines is 1. The van der Waals surface area contributed by atoms with E-state index in [4.69, 9.17) is 5.73 Å². The third kappa shape index (κ3) is 1.41. The molecule has 0 aliphatic carbocycles. The quantitative estimate of drug-likeness (QED) is 0.711. The number of Topliss-reactive ketones (excluding diaryl/α,β-unsaturated/α-hetero) is 1. The fourth-order valence-corrected chi connectivity index (χ4v) is 1.62. The summed E-state index contributed by atoms with van der Waals surface area (Å²) in [5, 5.41) is 0. The maximum absolute atomic E-state index is 12.9. The van der Waals surface area contributed by atoms with Crippen LogP contribution in [0.15, 0.2) is 18.2 Å². The van der Waals surface area contributed by atoms with Crippen LogP contribution in [0.4, 0.5) is 10.1 Å². The Balaban J connectivity index is 2.51. The van der Waals surface area contributed by atoms with Crippen LogP contribution in [-0.4, -0.2) is 24.8 Å². The molecule has 4 nitrogen and oxygen atoms in total. The average molecular weight is 208 g/mol. The Bertz CT molecular complexity index is 445. The lowest BCUT2D eigenvalue weighted by Crippen LogP contribution is -2.34. The summed E-state index contributed by atoms with van der Waals surface area (Å²) >= 11 is 0. The standard InChI is InChI=1S/C10H9FN2O2/c11-6-1-2-7-8(5-6)13(4-3-12)10(15)9(7)14/h1-2,5H,3-4,12H2. The maximum atomic E-state index is 12.9. The smallest absolute Gasteiger partial charge is 0.299 e. The molecule has 1 aliphatic heterocycles. The average Bonchev–Trinajstić information content (AvgIpc) is 2.44. The van der Waals surface area contributed by atoms with Gasteiger partial charge in [0.15, 0.2) is 0 Å². The minimum Gasteiger partial charge on any atom is -0.329 e. The van der Waals surface area contributed by atoms with Crippen LogP contribution >= 0.6 is 0 Å². The maximum Gasteiger partial charge on any atom is 0.299 e. The SMILES string of the molecule is NCCN1C(=O)C(=O)c2ccc(F)cc21. The van der Waals surface area contributed by atoms with E-state index in [-0.39, 0.29) is 18.7 Å². The van der Waals surface area contributed by atoms with Crippen LogP contribution in [-0.2, 0) is 4.79 Å². The van der Waals surface area contributed by atoms with Crippen molar-refractivity contribution in [2.45, 2.75) is 0 Å². The lowest BCUT2D eigenvalue weighted by molar-refractivity contribution is -0.114. The highest BCUT2D eigenvalue weighted by molar-refractivity contribution is 6.52. The molecule has 1 aromatic rings. The molecule has 0 radical (unpaired) electrons. The Kier molecular flexibility index (Phi) is 2.24. The van der Waals surface area contributed by atoms with Crippen molar-refractivity contribution in [2.24, 2.45) is 5.73 Å². The van der Waals surface area contributed by atoms with Gasteiger partial charge in [0.2, 0.25) is 0 Å². The molecule has 0 saturated carbocycles. The Morgan fingerprint density at radius 1 is 1.33 bits per heavy atom. The summed E-state index contributed by atoms with van der Waals surface area (Å²) in [7, 11) is 0. The molecular weight excluding hydrogens is 199 g/mol. The first-order valence-electron chi connectivity index (χ1n) is 4.51. The van der Waals surface area contributed by atoms with Crippen molar-refractivity contribution in [1.29, 1.82) is 0 Å². The summed E-state index contributed by atoms with van der Waals surface area (Å²) in [5.41, 5.74) is 5.87. The first-order valence-corrected chi connectivity index (χ1v) is 4.51. The number of carbonyl (C=O) groups is 2. The molecule has 1 aromatic carbocycles. The molecule has 0 saturated heterocycles. The van der Waals surface area contributed by atoms with Crippen LogP contribution < -0.4 is 10.6 Å². The molecule has 0 bridgehead atoms. The first-order chi connectivity index (χ1) is 7.15. The van der Waals surface area contributed by atoms with E-state index < -0.39 is 17.5 Å². The van der Waals surface area contributed by atoms with E-state index in [0.29, 0.717) is 5.69 Å². The number of carbonyl (C=O) groups excluding carboxylic acids is 2. The molecule has 1 aliphatic rings. The molecule has 2 N–H and O–H groups in total. The Labute approximate surface area is 85.5 Å². The number of amides is 1. The first kappa shape index (κ1) is 9.79. The van der Waals surface area contributed by atoms with Gasteiger partial charge in [-0.05, 0) is 18.2 Å². The number of ketones is 1. The molecule has 0 atom stereocenters. The zero-order valence-electron chi connectivity index (χ0n) is 7.87. The van der Waals surface area contributed by atoms with Crippen LogP contribution in [0.1, 0.15) is 10.4 Å². The highest BCUT2D eigenvalue weighted by atomic mass is 19.1. The van der Waals surface area contributed by atoms with E-state index in [1.165, 1.54) is 17.0 Å². The summed E-state index contributed by atoms with van der Waals surface area (Å²) in [5.74, 6) is -1.71. The van der Waals surface area contributed by atoms with Crippen LogP contribution in [0, 0.1) is 5.82 Å². The van der Waals surface area contributed by atoms with Crippen molar-refractivity contribution in [3.05, 3.63) is 29.6 Å². The van der Waals surface area contributed by atoms with Gasteiger partial charge in [-0.1, -0.05) is 0 Å². The summed E-state index contributed by atoms with van der Waals surface area (Å²) in [6.07, 6.45) is 0.